The molecule has 0 aromatic carbocycles. The highest BCUT2D eigenvalue weighted by Gasteiger charge is 2.41. The number of methoxy groups -OCH3 is 2. The molecule has 5 heteroatoms. The second-order valence-electron chi connectivity index (χ2n) is 3.03. The van der Waals surface area contributed by atoms with Gasteiger partial charge >= 0.3 is 0 Å². The molecule has 0 aromatic heterocycles. The summed E-state index contributed by atoms with van der Waals surface area (Å²) in [6.45, 7) is 0.458. The Morgan fingerprint density at radius 1 is 1.50 bits per heavy atom. The van der Waals surface area contributed by atoms with Gasteiger partial charge in [-0.2, -0.15) is 0 Å². The Hall–Kier alpha value is -0.0951. The Balaban J connectivity index is 2.52. The van der Waals surface area contributed by atoms with Crippen LogP contribution in [-0.2, 0) is 14.2 Å². The van der Waals surface area contributed by atoms with Crippen LogP contribution >= 0.6 is 0 Å². The van der Waals surface area contributed by atoms with Crippen LogP contribution in [0.25, 0.3) is 0 Å². The smallest absolute Gasteiger partial charge is 0.142 e. The van der Waals surface area contributed by atoms with Gasteiger partial charge in [-0.05, 0) is 0 Å². The molecule has 1 N–H and O–H groups in total. The van der Waals surface area contributed by atoms with Gasteiger partial charge < -0.3 is 19.3 Å². The largest absolute Gasteiger partial charge is 0.388 e. The second-order valence-corrected chi connectivity index (χ2v) is 3.03. The molecule has 0 bridgehead atoms. The summed E-state index contributed by atoms with van der Waals surface area (Å²) in [5.74, 6) is 0. The number of rotatable bonds is 3. The lowest BCUT2D eigenvalue weighted by molar-refractivity contribution is -0.0404. The maximum Gasteiger partial charge on any atom is 0.142 e. The van der Waals surface area contributed by atoms with Crippen LogP contribution in [0.15, 0.2) is 0 Å². The van der Waals surface area contributed by atoms with Crippen LogP contribution in [0.1, 0.15) is 0 Å². The van der Waals surface area contributed by atoms with Crippen LogP contribution in [0.2, 0.25) is 0 Å². The zero-order valence-corrected chi connectivity index (χ0v) is 7.69. The Morgan fingerprint density at radius 3 is 2.67 bits per heavy atom. The maximum atomic E-state index is 9.55. The Labute approximate surface area is 73.2 Å². The number of aliphatic hydroxyl groups is 1. The highest BCUT2D eigenvalue weighted by Crippen LogP contribution is 2.21. The minimum absolute atomic E-state index is 0.148. The Morgan fingerprint density at radius 2 is 2.17 bits per heavy atom. The third kappa shape index (κ3) is 1.80. The fraction of sp³-hybridized carbons (Fsp3) is 1.00. The molecule has 4 nitrogen and oxygen atoms in total. The first-order valence-corrected chi connectivity index (χ1v) is 4.06. The maximum absolute atomic E-state index is 9.55. The van der Waals surface area contributed by atoms with Gasteiger partial charge in [0.25, 0.3) is 0 Å². The first-order chi connectivity index (χ1) is 5.70. The summed E-state index contributed by atoms with van der Waals surface area (Å²) in [5.41, 5.74) is 0. The summed E-state index contributed by atoms with van der Waals surface area (Å²) >= 11 is 0. The Kier molecular flexibility index (Phi) is 3.52. The summed E-state index contributed by atoms with van der Waals surface area (Å²) in [4.78, 5) is 0. The molecule has 1 heterocycles. The van der Waals surface area contributed by atoms with Crippen molar-refractivity contribution in [2.45, 2.75) is 24.3 Å². The van der Waals surface area contributed by atoms with Crippen molar-refractivity contribution >= 4 is 7.85 Å². The van der Waals surface area contributed by atoms with Crippen molar-refractivity contribution in [3.63, 3.8) is 0 Å². The van der Waals surface area contributed by atoms with Crippen molar-refractivity contribution < 1.29 is 19.3 Å². The fourth-order valence-corrected chi connectivity index (χ4v) is 1.51. The molecular formula is C7H15BO4. The third-order valence-corrected chi connectivity index (χ3v) is 2.18. The average Bonchev–Trinajstić information content (AvgIpc) is 2.29. The van der Waals surface area contributed by atoms with E-state index in [2.05, 4.69) is 0 Å². The van der Waals surface area contributed by atoms with E-state index >= 15 is 0 Å². The molecule has 1 aliphatic heterocycles. The first-order valence-electron chi connectivity index (χ1n) is 4.06. The first kappa shape index (κ1) is 9.99. The molecule has 0 unspecified atom stereocenters. The molecule has 0 aliphatic carbocycles. The Bertz CT molecular complexity index is 143. The lowest BCUT2D eigenvalue weighted by Crippen LogP contribution is -2.36. The second kappa shape index (κ2) is 4.23. The van der Waals surface area contributed by atoms with Crippen molar-refractivity contribution in [3.8, 4) is 0 Å². The highest BCUT2D eigenvalue weighted by atomic mass is 16.6. The topological polar surface area (TPSA) is 47.9 Å². The normalized spacial score (nSPS) is 41.9. The summed E-state index contributed by atoms with van der Waals surface area (Å²) in [6.07, 6.45) is -0.958. The molecule has 0 radical (unpaired) electrons. The molecule has 1 aliphatic rings. The van der Waals surface area contributed by atoms with Crippen molar-refractivity contribution in [1.29, 1.82) is 0 Å². The molecule has 4 atom stereocenters. The molecule has 70 valence electrons. The van der Waals surface area contributed by atoms with Crippen molar-refractivity contribution in [3.05, 3.63) is 0 Å². The van der Waals surface area contributed by atoms with E-state index in [1.165, 1.54) is 0 Å². The van der Waals surface area contributed by atoms with Gasteiger partial charge in [0.1, 0.15) is 26.2 Å². The van der Waals surface area contributed by atoms with Gasteiger partial charge in [0.05, 0.1) is 12.6 Å². The van der Waals surface area contributed by atoms with Crippen LogP contribution < -0.4 is 0 Å². The zero-order valence-electron chi connectivity index (χ0n) is 7.69. The van der Waals surface area contributed by atoms with E-state index in [0.717, 1.165) is 0 Å². The van der Waals surface area contributed by atoms with Crippen LogP contribution in [0, 0.1) is 0 Å². The summed E-state index contributed by atoms with van der Waals surface area (Å²) in [6, 6.07) is -0.171. The molecule has 0 saturated carbocycles. The summed E-state index contributed by atoms with van der Waals surface area (Å²) in [5, 5.41) is 9.55. The van der Waals surface area contributed by atoms with E-state index < -0.39 is 6.10 Å². The lowest BCUT2D eigenvalue weighted by Gasteiger charge is -2.17. The van der Waals surface area contributed by atoms with Gasteiger partial charge in [-0.15, -0.1) is 0 Å². The van der Waals surface area contributed by atoms with Gasteiger partial charge in [0.2, 0.25) is 0 Å². The van der Waals surface area contributed by atoms with Gasteiger partial charge in [-0.25, -0.2) is 0 Å². The average molecular weight is 174 g/mol. The van der Waals surface area contributed by atoms with E-state index in [1.807, 2.05) is 7.85 Å². The SMILES string of the molecule is B[C@@H]1O[C@H](COC)[C@@H](OC)[C@H]1O. The van der Waals surface area contributed by atoms with Crippen molar-refractivity contribution in [1.82, 2.24) is 0 Å². The van der Waals surface area contributed by atoms with E-state index in [1.54, 1.807) is 14.2 Å². The summed E-state index contributed by atoms with van der Waals surface area (Å²) < 4.78 is 15.5. The minimum atomic E-state index is -0.546. The van der Waals surface area contributed by atoms with Gasteiger partial charge in [-0.1, -0.05) is 0 Å². The third-order valence-electron chi connectivity index (χ3n) is 2.18. The molecule has 0 spiro atoms. The van der Waals surface area contributed by atoms with Crippen molar-refractivity contribution in [2.24, 2.45) is 0 Å². The highest BCUT2D eigenvalue weighted by molar-refractivity contribution is 6.11. The van der Waals surface area contributed by atoms with E-state index in [-0.39, 0.29) is 18.2 Å². The molecule has 1 fully saturated rings. The number of hydrogen-bond donors (Lipinski definition) is 1. The van der Waals surface area contributed by atoms with E-state index in [0.29, 0.717) is 6.61 Å². The molecule has 0 amide bonds. The molecular weight excluding hydrogens is 159 g/mol. The molecule has 12 heavy (non-hydrogen) atoms. The number of hydrogen-bond acceptors (Lipinski definition) is 4. The quantitative estimate of drug-likeness (QED) is 0.521. The predicted molar refractivity (Wildman–Crippen MR) is 45.9 cm³/mol. The minimum Gasteiger partial charge on any atom is -0.388 e. The summed E-state index contributed by atoms with van der Waals surface area (Å²) in [7, 11) is 5.00. The molecule has 1 rings (SSSR count). The standard InChI is InChI=1S/C7H15BO4/c1-10-3-4-6(11-2)5(9)7(8)12-4/h4-7,9H,3,8H2,1-2H3/t4-,5-,6-,7-/m1/s1. The van der Waals surface area contributed by atoms with Crippen LogP contribution in [0.5, 0.6) is 0 Å². The monoisotopic (exact) mass is 174 g/mol. The van der Waals surface area contributed by atoms with Crippen LogP contribution in [0.4, 0.5) is 0 Å². The molecule has 0 aromatic rings. The van der Waals surface area contributed by atoms with E-state index in [4.69, 9.17) is 14.2 Å². The molecule has 1 saturated heterocycles. The van der Waals surface area contributed by atoms with Crippen LogP contribution in [-0.4, -0.2) is 58.1 Å². The number of ether oxygens (including phenoxy) is 3. The predicted octanol–water partition coefficient (Wildman–Crippen LogP) is -1.63. The zero-order chi connectivity index (χ0) is 9.14. The van der Waals surface area contributed by atoms with Gasteiger partial charge in [0, 0.05) is 14.2 Å². The van der Waals surface area contributed by atoms with Gasteiger partial charge in [0.15, 0.2) is 0 Å². The van der Waals surface area contributed by atoms with Gasteiger partial charge in [-0.3, -0.25) is 0 Å². The van der Waals surface area contributed by atoms with Crippen molar-refractivity contribution in [2.75, 3.05) is 20.8 Å². The lowest BCUT2D eigenvalue weighted by atomic mass is 9.93. The van der Waals surface area contributed by atoms with E-state index in [9.17, 15) is 5.11 Å². The number of aliphatic hydroxyl groups excluding tert-OH is 1. The fourth-order valence-electron chi connectivity index (χ4n) is 1.51. The van der Waals surface area contributed by atoms with Crippen LogP contribution in [0.3, 0.4) is 0 Å².